The Morgan fingerprint density at radius 1 is 0.952 bits per heavy atom. The average molecular weight is 279 g/mol. The summed E-state index contributed by atoms with van der Waals surface area (Å²) in [6, 6.07) is 14.1. The van der Waals surface area contributed by atoms with E-state index in [0.717, 1.165) is 48.9 Å². The monoisotopic (exact) mass is 279 g/mol. The number of rotatable bonds is 1. The van der Waals surface area contributed by atoms with Crippen molar-refractivity contribution in [3.63, 3.8) is 0 Å². The predicted molar refractivity (Wildman–Crippen MR) is 85.3 cm³/mol. The Balaban J connectivity index is 1.78. The molecule has 2 aliphatic rings. The third-order valence-corrected chi connectivity index (χ3v) is 3.92. The highest BCUT2D eigenvalue weighted by molar-refractivity contribution is 5.94. The summed E-state index contributed by atoms with van der Waals surface area (Å²) in [5, 5.41) is 3.38. The number of nitrogens with zero attached hydrogens (tertiary/aromatic N) is 2. The Kier molecular flexibility index (Phi) is 3.09. The van der Waals surface area contributed by atoms with E-state index >= 15 is 0 Å². The van der Waals surface area contributed by atoms with Crippen LogP contribution in [0.4, 0.5) is 11.4 Å². The van der Waals surface area contributed by atoms with Gasteiger partial charge in [0.2, 0.25) is 0 Å². The number of ether oxygens (including phenoxy) is 1. The molecule has 0 spiro atoms. The molecule has 0 bridgehead atoms. The number of nitrogens with one attached hydrogen (secondary N) is 1. The molecular weight excluding hydrogens is 262 g/mol. The molecule has 0 unspecified atom stereocenters. The van der Waals surface area contributed by atoms with Gasteiger partial charge in [-0.1, -0.05) is 18.2 Å². The predicted octanol–water partition coefficient (Wildman–Crippen LogP) is 2.95. The number of para-hydroxylation sites is 2. The second-order valence-electron chi connectivity index (χ2n) is 5.25. The van der Waals surface area contributed by atoms with E-state index in [1.165, 1.54) is 5.69 Å². The fraction of sp³-hybridized carbons (Fsp3) is 0.235. The first kappa shape index (κ1) is 12.4. The molecule has 4 nitrogen and oxygen atoms in total. The number of piperazine rings is 1. The average Bonchev–Trinajstić information content (AvgIpc) is 2.74. The second-order valence-corrected chi connectivity index (χ2v) is 5.25. The maximum absolute atomic E-state index is 6.07. The molecule has 1 saturated heterocycles. The largest absolute Gasteiger partial charge is 0.454 e. The first-order valence-electron chi connectivity index (χ1n) is 7.31. The molecule has 0 saturated carbocycles. The number of hydrogen-bond donors (Lipinski definition) is 1. The van der Waals surface area contributed by atoms with Crippen molar-refractivity contribution in [2.45, 2.75) is 0 Å². The van der Waals surface area contributed by atoms with Crippen molar-refractivity contribution in [3.05, 3.63) is 48.0 Å². The van der Waals surface area contributed by atoms with Crippen LogP contribution in [0.5, 0.6) is 11.5 Å². The number of benzene rings is 2. The second kappa shape index (κ2) is 5.22. The van der Waals surface area contributed by atoms with E-state index in [0.29, 0.717) is 0 Å². The Labute approximate surface area is 124 Å². The summed E-state index contributed by atoms with van der Waals surface area (Å²) in [6.07, 6.45) is 1.93. The van der Waals surface area contributed by atoms with E-state index in [9.17, 15) is 0 Å². The molecule has 21 heavy (non-hydrogen) atoms. The fourth-order valence-electron chi connectivity index (χ4n) is 2.84. The first-order valence-corrected chi connectivity index (χ1v) is 7.31. The summed E-state index contributed by atoms with van der Waals surface area (Å²) >= 11 is 0. The topological polar surface area (TPSA) is 36.9 Å². The Bertz CT molecular complexity index is 690. The van der Waals surface area contributed by atoms with Gasteiger partial charge in [0.25, 0.3) is 0 Å². The van der Waals surface area contributed by atoms with Crippen LogP contribution < -0.4 is 15.0 Å². The van der Waals surface area contributed by atoms with Crippen LogP contribution in [-0.4, -0.2) is 32.4 Å². The van der Waals surface area contributed by atoms with E-state index in [1.807, 2.05) is 36.5 Å². The highest BCUT2D eigenvalue weighted by atomic mass is 16.5. The van der Waals surface area contributed by atoms with Crippen molar-refractivity contribution in [2.75, 3.05) is 31.1 Å². The van der Waals surface area contributed by atoms with Crippen LogP contribution in [-0.2, 0) is 0 Å². The third-order valence-electron chi connectivity index (χ3n) is 3.92. The Morgan fingerprint density at radius 2 is 1.76 bits per heavy atom. The van der Waals surface area contributed by atoms with Gasteiger partial charge in [-0.25, -0.2) is 0 Å². The normalized spacial score (nSPS) is 16.7. The highest BCUT2D eigenvalue weighted by Crippen LogP contribution is 2.38. The molecule has 2 heterocycles. The molecule has 0 atom stereocenters. The zero-order chi connectivity index (χ0) is 14.1. The van der Waals surface area contributed by atoms with Crippen molar-refractivity contribution in [3.8, 4) is 11.5 Å². The van der Waals surface area contributed by atoms with Gasteiger partial charge in [0, 0.05) is 38.1 Å². The lowest BCUT2D eigenvalue weighted by Crippen LogP contribution is -2.43. The van der Waals surface area contributed by atoms with Crippen molar-refractivity contribution in [1.29, 1.82) is 0 Å². The third kappa shape index (κ3) is 2.28. The molecule has 0 radical (unpaired) electrons. The molecule has 106 valence electrons. The number of hydrogen-bond acceptors (Lipinski definition) is 4. The molecule has 2 aliphatic heterocycles. The number of anilines is 1. The van der Waals surface area contributed by atoms with E-state index < -0.39 is 0 Å². The molecule has 1 N–H and O–H groups in total. The van der Waals surface area contributed by atoms with Crippen LogP contribution in [0.25, 0.3) is 0 Å². The molecule has 4 heteroatoms. The van der Waals surface area contributed by atoms with Crippen LogP contribution >= 0.6 is 0 Å². The lowest BCUT2D eigenvalue weighted by Gasteiger charge is -2.30. The van der Waals surface area contributed by atoms with Crippen LogP contribution in [0.2, 0.25) is 0 Å². The molecule has 2 aromatic carbocycles. The Hall–Kier alpha value is -2.33. The van der Waals surface area contributed by atoms with E-state index in [1.54, 1.807) is 0 Å². The van der Waals surface area contributed by atoms with E-state index in [-0.39, 0.29) is 0 Å². The lowest BCUT2D eigenvalue weighted by molar-refractivity contribution is 0.484. The summed E-state index contributed by atoms with van der Waals surface area (Å²) in [6.45, 7) is 4.05. The van der Waals surface area contributed by atoms with Crippen molar-refractivity contribution >= 4 is 17.6 Å². The quantitative estimate of drug-likeness (QED) is 0.744. The van der Waals surface area contributed by atoms with Gasteiger partial charge in [0.15, 0.2) is 5.75 Å². The molecular formula is C17H17N3O. The lowest BCUT2D eigenvalue weighted by atomic mass is 10.1. The Morgan fingerprint density at radius 3 is 2.67 bits per heavy atom. The molecule has 2 aromatic rings. The standard InChI is InChI=1S/C17H17N3O/c1-2-6-17-14(4-1)19-12-13-15(5-3-7-16(13)21-17)20-10-8-18-9-11-20/h1-7,12,18H,8-11H2. The number of fused-ring (bicyclic) bond motifs is 2. The fourth-order valence-corrected chi connectivity index (χ4v) is 2.84. The van der Waals surface area contributed by atoms with Crippen LogP contribution in [0, 0.1) is 0 Å². The molecule has 0 amide bonds. The summed E-state index contributed by atoms with van der Waals surface area (Å²) in [7, 11) is 0. The molecule has 4 rings (SSSR count). The molecule has 1 fully saturated rings. The van der Waals surface area contributed by atoms with Gasteiger partial charge < -0.3 is 15.0 Å². The van der Waals surface area contributed by atoms with Crippen LogP contribution in [0.1, 0.15) is 5.56 Å². The van der Waals surface area contributed by atoms with Crippen molar-refractivity contribution < 1.29 is 4.74 Å². The summed E-state index contributed by atoms with van der Waals surface area (Å²) in [5.74, 6) is 1.68. The van der Waals surface area contributed by atoms with E-state index in [2.05, 4.69) is 27.3 Å². The summed E-state index contributed by atoms with van der Waals surface area (Å²) in [5.41, 5.74) is 3.14. The first-order chi connectivity index (χ1) is 10.4. The minimum Gasteiger partial charge on any atom is -0.454 e. The van der Waals surface area contributed by atoms with Crippen LogP contribution in [0.15, 0.2) is 47.5 Å². The van der Waals surface area contributed by atoms with Gasteiger partial charge >= 0.3 is 0 Å². The smallest absolute Gasteiger partial charge is 0.153 e. The van der Waals surface area contributed by atoms with Gasteiger partial charge in [0.1, 0.15) is 11.4 Å². The van der Waals surface area contributed by atoms with Gasteiger partial charge in [-0.05, 0) is 24.3 Å². The van der Waals surface area contributed by atoms with Gasteiger partial charge in [0.05, 0.1) is 5.56 Å². The zero-order valence-corrected chi connectivity index (χ0v) is 11.7. The molecule has 0 aliphatic carbocycles. The minimum absolute atomic E-state index is 0.810. The van der Waals surface area contributed by atoms with Gasteiger partial charge in [-0.2, -0.15) is 0 Å². The summed E-state index contributed by atoms with van der Waals surface area (Å²) < 4.78 is 6.07. The van der Waals surface area contributed by atoms with Gasteiger partial charge in [-0.15, -0.1) is 0 Å². The highest BCUT2D eigenvalue weighted by Gasteiger charge is 2.19. The SMILES string of the molecule is C1=Nc2ccccc2Oc2cccc(N3CCNCC3)c21. The maximum atomic E-state index is 6.07. The van der Waals surface area contributed by atoms with Crippen LogP contribution in [0.3, 0.4) is 0 Å². The summed E-state index contributed by atoms with van der Waals surface area (Å²) in [4.78, 5) is 6.98. The minimum atomic E-state index is 0.810. The maximum Gasteiger partial charge on any atom is 0.153 e. The van der Waals surface area contributed by atoms with Gasteiger partial charge in [-0.3, -0.25) is 4.99 Å². The van der Waals surface area contributed by atoms with E-state index in [4.69, 9.17) is 4.74 Å². The zero-order valence-electron chi connectivity index (χ0n) is 11.7. The van der Waals surface area contributed by atoms with Crippen molar-refractivity contribution in [1.82, 2.24) is 5.32 Å². The molecule has 0 aromatic heterocycles. The van der Waals surface area contributed by atoms with Crippen molar-refractivity contribution in [2.24, 2.45) is 4.99 Å². The number of aliphatic imine (C=N–C) groups is 1.